The maximum atomic E-state index is 12.2. The van der Waals surface area contributed by atoms with Crippen molar-refractivity contribution >= 4 is 5.82 Å². The largest absolute Gasteiger partial charge is 0.489 e. The molecule has 0 atom stereocenters. The maximum Gasteiger partial charge on any atom is 0.406 e. The Balaban J connectivity index is 3.18. The lowest BCUT2D eigenvalue weighted by Gasteiger charge is -2.02. The van der Waals surface area contributed by atoms with Gasteiger partial charge in [0.15, 0.2) is 0 Å². The van der Waals surface area contributed by atoms with E-state index in [0.717, 1.165) is 19.4 Å². The number of nitrogens with zero attached hydrogens (tertiary/aromatic N) is 2. The van der Waals surface area contributed by atoms with E-state index in [0.29, 0.717) is 0 Å². The highest BCUT2D eigenvalue weighted by molar-refractivity contribution is 5.41. The minimum absolute atomic E-state index is 0.271. The molecule has 1 heterocycles. The van der Waals surface area contributed by atoms with Crippen molar-refractivity contribution in [1.82, 2.24) is 4.98 Å². The first-order valence-electron chi connectivity index (χ1n) is 3.52. The molecule has 1 aromatic heterocycles. The van der Waals surface area contributed by atoms with E-state index in [1.165, 1.54) is 0 Å². The molecule has 1 aromatic rings. The first kappa shape index (κ1) is 10.3. The number of methoxy groups -OCH3 is 1. The van der Waals surface area contributed by atoms with Gasteiger partial charge in [0.25, 0.3) is 6.43 Å². The quantitative estimate of drug-likeness (QED) is 0.557. The van der Waals surface area contributed by atoms with Gasteiger partial charge in [-0.15, -0.1) is 0 Å². The van der Waals surface area contributed by atoms with Gasteiger partial charge < -0.3 is 14.9 Å². The summed E-state index contributed by atoms with van der Waals surface area (Å²) in [6, 6.07) is 0.899. The normalized spacial score (nSPS) is 10.3. The summed E-state index contributed by atoms with van der Waals surface area (Å²) >= 11 is 0. The molecule has 14 heavy (non-hydrogen) atoms. The fourth-order valence-electron chi connectivity index (χ4n) is 0.859. The van der Waals surface area contributed by atoms with Gasteiger partial charge in [-0.3, -0.25) is 0 Å². The zero-order chi connectivity index (χ0) is 10.7. The lowest BCUT2D eigenvalue weighted by atomic mass is 10.3. The van der Waals surface area contributed by atoms with Crippen molar-refractivity contribution in [2.45, 2.75) is 6.43 Å². The van der Waals surface area contributed by atoms with Crippen LogP contribution in [0.5, 0.6) is 5.75 Å². The molecule has 1 rings (SSSR count). The highest BCUT2D eigenvalue weighted by atomic mass is 19.3. The highest BCUT2D eigenvalue weighted by Crippen LogP contribution is 2.28. The summed E-state index contributed by atoms with van der Waals surface area (Å²) < 4.78 is 28.9. The van der Waals surface area contributed by atoms with Gasteiger partial charge in [0.05, 0.1) is 12.7 Å². The van der Waals surface area contributed by atoms with Crippen LogP contribution >= 0.6 is 0 Å². The third kappa shape index (κ3) is 1.93. The van der Waals surface area contributed by atoms with Gasteiger partial charge in [-0.1, -0.05) is 0 Å². The van der Waals surface area contributed by atoms with Crippen molar-refractivity contribution in [3.8, 4) is 5.75 Å². The molecule has 0 aliphatic rings. The second-order valence-electron chi connectivity index (χ2n) is 2.35. The minimum atomic E-state index is -2.72. The Bertz CT molecular complexity index is 357. The predicted octanol–water partition coefficient (Wildman–Crippen LogP) is 1.94. The van der Waals surface area contributed by atoms with E-state index >= 15 is 0 Å². The van der Waals surface area contributed by atoms with E-state index in [9.17, 15) is 18.9 Å². The lowest BCUT2D eigenvalue weighted by Crippen LogP contribution is -1.98. The van der Waals surface area contributed by atoms with Gasteiger partial charge >= 0.3 is 5.82 Å². The van der Waals surface area contributed by atoms with Gasteiger partial charge in [-0.05, 0) is 9.91 Å². The first-order chi connectivity index (χ1) is 6.56. The summed E-state index contributed by atoms with van der Waals surface area (Å²) in [7, 11) is 1.15. The lowest BCUT2D eigenvalue weighted by molar-refractivity contribution is -0.390. The van der Waals surface area contributed by atoms with E-state index in [1.807, 2.05) is 0 Å². The smallest absolute Gasteiger partial charge is 0.406 e. The Morgan fingerprint density at radius 3 is 2.71 bits per heavy atom. The molecule has 0 bridgehead atoms. The number of halogens is 2. The van der Waals surface area contributed by atoms with Gasteiger partial charge in [-0.25, -0.2) is 8.78 Å². The van der Waals surface area contributed by atoms with Crippen molar-refractivity contribution in [1.29, 1.82) is 0 Å². The third-order valence-corrected chi connectivity index (χ3v) is 1.50. The molecule has 0 unspecified atom stereocenters. The van der Waals surface area contributed by atoms with Crippen LogP contribution in [0.1, 0.15) is 12.0 Å². The van der Waals surface area contributed by atoms with Crippen LogP contribution < -0.4 is 4.74 Å². The number of nitro groups is 1. The standard InChI is InChI=1S/C7H6F2N2O3/c1-14-5-2-4(6(8)9)3-10-7(5)11(12)13/h2-3,6H,1H3. The Labute approximate surface area is 77.5 Å². The summed E-state index contributed by atoms with van der Waals surface area (Å²) in [4.78, 5) is 12.8. The van der Waals surface area contributed by atoms with Crippen LogP contribution in [0.2, 0.25) is 0 Å². The fraction of sp³-hybridized carbons (Fsp3) is 0.286. The van der Waals surface area contributed by atoms with E-state index in [4.69, 9.17) is 0 Å². The molecule has 0 radical (unpaired) electrons. The van der Waals surface area contributed by atoms with Crippen LogP contribution in [0.25, 0.3) is 0 Å². The molecular formula is C7H6F2N2O3. The Hall–Kier alpha value is -1.79. The van der Waals surface area contributed by atoms with Crippen molar-refractivity contribution in [2.24, 2.45) is 0 Å². The van der Waals surface area contributed by atoms with Crippen LogP contribution in [0.4, 0.5) is 14.6 Å². The molecule has 0 aromatic carbocycles. The van der Waals surface area contributed by atoms with Crippen molar-refractivity contribution < 1.29 is 18.4 Å². The molecule has 0 fully saturated rings. The fourth-order valence-corrected chi connectivity index (χ4v) is 0.859. The average Bonchev–Trinajstić information content (AvgIpc) is 2.16. The minimum Gasteiger partial charge on any atom is -0.489 e. The molecule has 0 saturated heterocycles. The molecule has 5 nitrogen and oxygen atoms in total. The summed E-state index contributed by atoms with van der Waals surface area (Å²) in [6.07, 6.45) is -1.97. The van der Waals surface area contributed by atoms with Crippen LogP contribution in [-0.2, 0) is 0 Å². The molecule has 0 aliphatic carbocycles. The zero-order valence-electron chi connectivity index (χ0n) is 7.11. The number of hydrogen-bond donors (Lipinski definition) is 0. The molecule has 0 N–H and O–H groups in total. The van der Waals surface area contributed by atoms with Crippen LogP contribution in [0, 0.1) is 10.1 Å². The molecule has 0 spiro atoms. The number of aromatic nitrogens is 1. The number of ether oxygens (including phenoxy) is 1. The zero-order valence-corrected chi connectivity index (χ0v) is 7.11. The summed E-state index contributed by atoms with van der Waals surface area (Å²) in [5, 5.41) is 10.3. The van der Waals surface area contributed by atoms with Crippen LogP contribution in [0.15, 0.2) is 12.3 Å². The number of hydrogen-bond acceptors (Lipinski definition) is 4. The summed E-state index contributed by atoms with van der Waals surface area (Å²) in [5.41, 5.74) is -0.410. The van der Waals surface area contributed by atoms with Crippen LogP contribution in [-0.4, -0.2) is 17.0 Å². The number of rotatable bonds is 3. The molecule has 0 amide bonds. The van der Waals surface area contributed by atoms with Gasteiger partial charge in [0.1, 0.15) is 6.20 Å². The van der Waals surface area contributed by atoms with Crippen molar-refractivity contribution in [3.63, 3.8) is 0 Å². The predicted molar refractivity (Wildman–Crippen MR) is 42.4 cm³/mol. The monoisotopic (exact) mass is 204 g/mol. The molecule has 0 aliphatic heterocycles. The van der Waals surface area contributed by atoms with Crippen molar-refractivity contribution in [2.75, 3.05) is 7.11 Å². The Morgan fingerprint density at radius 1 is 1.64 bits per heavy atom. The summed E-state index contributed by atoms with van der Waals surface area (Å²) in [6.45, 7) is 0. The average molecular weight is 204 g/mol. The topological polar surface area (TPSA) is 65.3 Å². The van der Waals surface area contributed by atoms with Gasteiger partial charge in [-0.2, -0.15) is 0 Å². The second kappa shape index (κ2) is 3.95. The number of alkyl halides is 2. The molecule has 76 valence electrons. The Morgan fingerprint density at radius 2 is 2.29 bits per heavy atom. The van der Waals surface area contributed by atoms with E-state index in [1.54, 1.807) is 0 Å². The van der Waals surface area contributed by atoms with E-state index < -0.39 is 22.7 Å². The molecular weight excluding hydrogens is 198 g/mol. The third-order valence-electron chi connectivity index (χ3n) is 1.50. The maximum absolute atomic E-state index is 12.2. The van der Waals surface area contributed by atoms with Gasteiger partial charge in [0, 0.05) is 6.07 Å². The Kier molecular flexibility index (Phi) is 2.90. The molecule has 0 saturated carbocycles. The molecule has 7 heteroatoms. The van der Waals surface area contributed by atoms with Crippen molar-refractivity contribution in [3.05, 3.63) is 27.9 Å². The summed E-state index contributed by atoms with van der Waals surface area (Å²) in [5.74, 6) is -0.843. The first-order valence-corrected chi connectivity index (χ1v) is 3.52. The van der Waals surface area contributed by atoms with Crippen LogP contribution in [0.3, 0.4) is 0 Å². The SMILES string of the molecule is COc1cc(C(F)F)cnc1[N+](=O)[O-]. The van der Waals surface area contributed by atoms with E-state index in [-0.39, 0.29) is 5.75 Å². The van der Waals surface area contributed by atoms with E-state index in [2.05, 4.69) is 9.72 Å². The highest BCUT2D eigenvalue weighted by Gasteiger charge is 2.20. The number of pyridine rings is 1. The second-order valence-corrected chi connectivity index (χ2v) is 2.35. The van der Waals surface area contributed by atoms with Gasteiger partial charge in [0.2, 0.25) is 5.75 Å².